The Kier molecular flexibility index (Phi) is 6.15. The van der Waals surface area contributed by atoms with Crippen LogP contribution in [0.15, 0.2) is 6.20 Å². The largest absolute Gasteiger partial charge is 0.351 e. The Morgan fingerprint density at radius 1 is 1.07 bits per heavy atom. The van der Waals surface area contributed by atoms with E-state index in [1.807, 2.05) is 18.1 Å². The van der Waals surface area contributed by atoms with Crippen molar-refractivity contribution in [2.24, 2.45) is 0 Å². The van der Waals surface area contributed by atoms with Gasteiger partial charge in [-0.15, -0.1) is 0 Å². The summed E-state index contributed by atoms with van der Waals surface area (Å²) in [7, 11) is -1.31. The Morgan fingerprint density at radius 2 is 1.73 bits per heavy atom. The van der Waals surface area contributed by atoms with Crippen LogP contribution >= 0.6 is 0 Å². The van der Waals surface area contributed by atoms with E-state index in [1.54, 1.807) is 4.90 Å². The van der Waals surface area contributed by atoms with Crippen molar-refractivity contribution in [3.05, 3.63) is 11.8 Å². The zero-order valence-electron chi connectivity index (χ0n) is 17.9. The molecule has 10 heteroatoms. The van der Waals surface area contributed by atoms with E-state index >= 15 is 0 Å². The van der Waals surface area contributed by atoms with Crippen molar-refractivity contribution in [2.45, 2.75) is 70.0 Å². The molecule has 4 rings (SSSR count). The minimum atomic E-state index is -3.14. The fraction of sp³-hybridized carbons (Fsp3) is 0.750. The van der Waals surface area contributed by atoms with Gasteiger partial charge in [-0.05, 0) is 25.7 Å². The number of amides is 2. The molecule has 0 bridgehead atoms. The molecule has 9 nitrogen and oxygen atoms in total. The van der Waals surface area contributed by atoms with Gasteiger partial charge in [0.2, 0.25) is 16.0 Å². The number of rotatable bonds is 4. The van der Waals surface area contributed by atoms with Crippen LogP contribution in [-0.4, -0.2) is 72.1 Å². The quantitative estimate of drug-likeness (QED) is 0.728. The summed E-state index contributed by atoms with van der Waals surface area (Å²) in [6, 6.07) is 0.317. The van der Waals surface area contributed by atoms with Crippen molar-refractivity contribution in [1.82, 2.24) is 19.2 Å². The molecule has 0 unspecified atom stereocenters. The van der Waals surface area contributed by atoms with Crippen molar-refractivity contribution < 1.29 is 13.2 Å². The third kappa shape index (κ3) is 4.54. The van der Waals surface area contributed by atoms with E-state index < -0.39 is 10.0 Å². The average molecular weight is 437 g/mol. The molecule has 3 heterocycles. The van der Waals surface area contributed by atoms with E-state index in [2.05, 4.69) is 10.3 Å². The number of fused-ring (bicyclic) bond motifs is 1. The number of anilines is 2. The second kappa shape index (κ2) is 8.66. The maximum atomic E-state index is 13.0. The van der Waals surface area contributed by atoms with E-state index in [0.29, 0.717) is 38.4 Å². The van der Waals surface area contributed by atoms with Gasteiger partial charge in [0.15, 0.2) is 0 Å². The molecule has 30 heavy (non-hydrogen) atoms. The molecule has 0 aromatic carbocycles. The van der Waals surface area contributed by atoms with Crippen molar-refractivity contribution in [1.29, 1.82) is 0 Å². The number of nitrogens with one attached hydrogen (secondary N) is 1. The molecular weight excluding hydrogens is 404 g/mol. The Labute approximate surface area is 178 Å². The Bertz CT molecular complexity index is 877. The van der Waals surface area contributed by atoms with Crippen LogP contribution in [0.4, 0.5) is 16.6 Å². The van der Waals surface area contributed by atoms with E-state index in [1.165, 1.54) is 23.4 Å². The standard InChI is InChI=1S/C20H32N6O3S/c1-24-14-15-13-21-19(22-16-9-11-25(12-10-16)30(2,28)29)23-18(15)26(20(24)27)17-7-5-3-4-6-8-17/h13,16-17H,3-12,14H2,1-2H3,(H,21,22,23). The fourth-order valence-electron chi connectivity index (χ4n) is 4.74. The number of piperidine rings is 1. The summed E-state index contributed by atoms with van der Waals surface area (Å²) in [6.07, 6.45) is 11.3. The predicted molar refractivity (Wildman–Crippen MR) is 116 cm³/mol. The highest BCUT2D eigenvalue weighted by atomic mass is 32.2. The molecule has 1 N–H and O–H groups in total. The van der Waals surface area contributed by atoms with Gasteiger partial charge in [-0.1, -0.05) is 25.7 Å². The summed E-state index contributed by atoms with van der Waals surface area (Å²) in [5, 5.41) is 3.37. The summed E-state index contributed by atoms with van der Waals surface area (Å²) in [6.45, 7) is 1.52. The second-order valence-corrected chi connectivity index (χ2v) is 10.8. The lowest BCUT2D eigenvalue weighted by Gasteiger charge is -2.39. The molecule has 0 atom stereocenters. The highest BCUT2D eigenvalue weighted by Gasteiger charge is 2.35. The van der Waals surface area contributed by atoms with Crippen LogP contribution in [0.2, 0.25) is 0 Å². The molecule has 1 aromatic heterocycles. The van der Waals surface area contributed by atoms with Crippen molar-refractivity contribution in [3.8, 4) is 0 Å². The van der Waals surface area contributed by atoms with Gasteiger partial charge in [-0.2, -0.15) is 4.98 Å². The van der Waals surface area contributed by atoms with Crippen molar-refractivity contribution >= 4 is 27.8 Å². The third-order valence-corrected chi connectivity index (χ3v) is 7.76. The molecule has 2 aliphatic heterocycles. The molecule has 0 radical (unpaired) electrons. The van der Waals surface area contributed by atoms with Gasteiger partial charge in [0, 0.05) is 44.0 Å². The highest BCUT2D eigenvalue weighted by Crippen LogP contribution is 2.33. The van der Waals surface area contributed by atoms with Crippen LogP contribution in [0.25, 0.3) is 0 Å². The lowest BCUT2D eigenvalue weighted by molar-refractivity contribution is 0.206. The first-order chi connectivity index (χ1) is 14.3. The van der Waals surface area contributed by atoms with E-state index in [-0.39, 0.29) is 18.1 Å². The molecule has 1 aromatic rings. The first kappa shape index (κ1) is 21.3. The van der Waals surface area contributed by atoms with Crippen LogP contribution in [0.1, 0.15) is 56.9 Å². The molecule has 1 saturated heterocycles. The summed E-state index contributed by atoms with van der Waals surface area (Å²) in [5.74, 6) is 1.25. The predicted octanol–water partition coefficient (Wildman–Crippen LogP) is 2.41. The second-order valence-electron chi connectivity index (χ2n) is 8.78. The molecule has 0 spiro atoms. The van der Waals surface area contributed by atoms with E-state index in [9.17, 15) is 13.2 Å². The maximum Gasteiger partial charge on any atom is 0.325 e. The highest BCUT2D eigenvalue weighted by molar-refractivity contribution is 7.88. The minimum absolute atomic E-state index is 0.0144. The minimum Gasteiger partial charge on any atom is -0.351 e. The average Bonchev–Trinajstić information content (AvgIpc) is 2.98. The van der Waals surface area contributed by atoms with Gasteiger partial charge in [0.05, 0.1) is 12.8 Å². The van der Waals surface area contributed by atoms with E-state index in [0.717, 1.165) is 37.1 Å². The van der Waals surface area contributed by atoms with Gasteiger partial charge in [0.1, 0.15) is 5.82 Å². The summed E-state index contributed by atoms with van der Waals surface area (Å²) >= 11 is 0. The van der Waals surface area contributed by atoms with Crippen LogP contribution < -0.4 is 10.2 Å². The van der Waals surface area contributed by atoms with Crippen molar-refractivity contribution in [3.63, 3.8) is 0 Å². The number of urea groups is 1. The smallest absolute Gasteiger partial charge is 0.325 e. The zero-order valence-corrected chi connectivity index (χ0v) is 18.7. The number of hydrogen-bond donors (Lipinski definition) is 1. The first-order valence-corrected chi connectivity index (χ1v) is 12.8. The molecule has 3 aliphatic rings. The number of carbonyl (C=O) groups excluding carboxylic acids is 1. The lowest BCUT2D eigenvalue weighted by Crippen LogP contribution is -2.51. The van der Waals surface area contributed by atoms with Gasteiger partial charge in [-0.25, -0.2) is 22.5 Å². The zero-order chi connectivity index (χ0) is 21.3. The topological polar surface area (TPSA) is 98.7 Å². The Balaban J connectivity index is 1.52. The summed E-state index contributed by atoms with van der Waals surface area (Å²) < 4.78 is 25.0. The fourth-order valence-corrected chi connectivity index (χ4v) is 5.62. The Morgan fingerprint density at radius 3 is 2.37 bits per heavy atom. The number of aromatic nitrogens is 2. The number of nitrogens with zero attached hydrogens (tertiary/aromatic N) is 5. The van der Waals surface area contributed by atoms with Gasteiger partial charge in [-0.3, -0.25) is 4.90 Å². The maximum absolute atomic E-state index is 13.0. The SMILES string of the molecule is CN1Cc2cnc(NC3CCN(S(C)(=O)=O)CC3)nc2N(C2CCCCCC2)C1=O. The van der Waals surface area contributed by atoms with Crippen LogP contribution in [-0.2, 0) is 16.6 Å². The van der Waals surface area contributed by atoms with Crippen LogP contribution in [0.5, 0.6) is 0 Å². The molecule has 166 valence electrons. The van der Waals surface area contributed by atoms with Gasteiger partial charge >= 0.3 is 6.03 Å². The number of carbonyl (C=O) groups is 1. The summed E-state index contributed by atoms with van der Waals surface area (Å²) in [5.41, 5.74) is 0.971. The number of sulfonamides is 1. The lowest BCUT2D eigenvalue weighted by atomic mass is 10.1. The normalized spacial score (nSPS) is 22.7. The molecular formula is C20H32N6O3S. The number of hydrogen-bond acceptors (Lipinski definition) is 6. The monoisotopic (exact) mass is 436 g/mol. The molecule has 1 saturated carbocycles. The van der Waals surface area contributed by atoms with E-state index in [4.69, 9.17) is 4.98 Å². The van der Waals surface area contributed by atoms with Crippen LogP contribution in [0.3, 0.4) is 0 Å². The molecule has 2 amide bonds. The molecule has 2 fully saturated rings. The molecule has 1 aliphatic carbocycles. The summed E-state index contributed by atoms with van der Waals surface area (Å²) in [4.78, 5) is 25.9. The van der Waals surface area contributed by atoms with Gasteiger partial charge in [0.25, 0.3) is 0 Å². The Hall–Kier alpha value is -1.94. The third-order valence-electron chi connectivity index (χ3n) is 6.46. The van der Waals surface area contributed by atoms with Crippen LogP contribution in [0, 0.1) is 0 Å². The first-order valence-electron chi connectivity index (χ1n) is 10.9. The van der Waals surface area contributed by atoms with Crippen molar-refractivity contribution in [2.75, 3.05) is 36.6 Å². The van der Waals surface area contributed by atoms with Gasteiger partial charge < -0.3 is 10.2 Å².